The summed E-state index contributed by atoms with van der Waals surface area (Å²) < 4.78 is 0. The highest BCUT2D eigenvalue weighted by molar-refractivity contribution is 4.81. The van der Waals surface area contributed by atoms with E-state index in [4.69, 9.17) is 0 Å². The largest absolute Gasteiger partial charge is 0.0885 e. The van der Waals surface area contributed by atoms with Gasteiger partial charge in [0.1, 0.15) is 0 Å². The molecule has 0 heterocycles. The number of allylic oxidation sites excluding steroid dienone is 2. The summed E-state index contributed by atoms with van der Waals surface area (Å²) in [6.07, 6.45) is 34.8. The van der Waals surface area contributed by atoms with Gasteiger partial charge in [-0.25, -0.2) is 0 Å². The van der Waals surface area contributed by atoms with Crippen LogP contribution in [0.1, 0.15) is 163 Å². The highest BCUT2D eigenvalue weighted by atomic mass is 14.2. The molecule has 0 heteroatoms. The van der Waals surface area contributed by atoms with Crippen molar-refractivity contribution >= 4 is 0 Å². The summed E-state index contributed by atoms with van der Waals surface area (Å²) in [4.78, 5) is 0. The molecule has 0 aliphatic heterocycles. The molecule has 0 aromatic carbocycles. The lowest BCUT2D eigenvalue weighted by atomic mass is 9.87. The lowest BCUT2D eigenvalue weighted by Crippen LogP contribution is -2.06. The standard InChI is InChI=1S/C29H58/c1-5-8-10-11-12-13-14-15-16-17-18-19-20-21-22-23-24-26-29(7-3)27-28(4)25-9-6-2/h17-18,28-29H,5-16,19-27H2,1-4H3. The predicted molar refractivity (Wildman–Crippen MR) is 136 cm³/mol. The van der Waals surface area contributed by atoms with Crippen molar-refractivity contribution in [2.24, 2.45) is 11.8 Å². The van der Waals surface area contributed by atoms with Gasteiger partial charge >= 0.3 is 0 Å². The van der Waals surface area contributed by atoms with Crippen molar-refractivity contribution in [2.75, 3.05) is 0 Å². The molecule has 174 valence electrons. The third-order valence-corrected chi connectivity index (χ3v) is 6.74. The first kappa shape index (κ1) is 28.7. The smallest absolute Gasteiger partial charge is 0.0351 e. The Bertz CT molecular complexity index is 316. The van der Waals surface area contributed by atoms with E-state index in [0.717, 1.165) is 11.8 Å². The van der Waals surface area contributed by atoms with E-state index in [0.29, 0.717) is 0 Å². The topological polar surface area (TPSA) is 0 Å². The lowest BCUT2D eigenvalue weighted by molar-refractivity contribution is 0.332. The zero-order valence-electron chi connectivity index (χ0n) is 21.2. The van der Waals surface area contributed by atoms with E-state index in [1.54, 1.807) is 0 Å². The normalized spacial score (nSPS) is 13.9. The quantitative estimate of drug-likeness (QED) is 0.117. The molecular weight excluding hydrogens is 348 g/mol. The zero-order valence-corrected chi connectivity index (χ0v) is 21.2. The van der Waals surface area contributed by atoms with Crippen LogP contribution in [-0.2, 0) is 0 Å². The number of unbranched alkanes of at least 4 members (excludes halogenated alkanes) is 14. The maximum absolute atomic E-state index is 2.47. The van der Waals surface area contributed by atoms with Crippen LogP contribution in [0.2, 0.25) is 0 Å². The fourth-order valence-electron chi connectivity index (χ4n) is 4.59. The van der Waals surface area contributed by atoms with Crippen molar-refractivity contribution in [1.29, 1.82) is 0 Å². The molecule has 0 aromatic heterocycles. The maximum atomic E-state index is 2.47. The fraction of sp³-hybridized carbons (Fsp3) is 0.931. The van der Waals surface area contributed by atoms with Crippen molar-refractivity contribution in [3.05, 3.63) is 12.2 Å². The minimum Gasteiger partial charge on any atom is -0.0885 e. The monoisotopic (exact) mass is 406 g/mol. The molecule has 0 N–H and O–H groups in total. The Kier molecular flexibility index (Phi) is 23.8. The van der Waals surface area contributed by atoms with Crippen LogP contribution in [0, 0.1) is 11.8 Å². The minimum atomic E-state index is 0.942. The second kappa shape index (κ2) is 24.0. The van der Waals surface area contributed by atoms with Crippen LogP contribution in [0.5, 0.6) is 0 Å². The van der Waals surface area contributed by atoms with Crippen LogP contribution in [-0.4, -0.2) is 0 Å². The molecule has 29 heavy (non-hydrogen) atoms. The average Bonchev–Trinajstić information content (AvgIpc) is 2.73. The van der Waals surface area contributed by atoms with Crippen molar-refractivity contribution < 1.29 is 0 Å². The Balaban J connectivity index is 3.35. The molecule has 0 bridgehead atoms. The maximum Gasteiger partial charge on any atom is -0.0351 e. The van der Waals surface area contributed by atoms with E-state index in [1.165, 1.54) is 135 Å². The first-order valence-corrected chi connectivity index (χ1v) is 13.9. The van der Waals surface area contributed by atoms with Gasteiger partial charge < -0.3 is 0 Å². The van der Waals surface area contributed by atoms with Crippen LogP contribution < -0.4 is 0 Å². The molecule has 0 saturated heterocycles. The van der Waals surface area contributed by atoms with Gasteiger partial charge in [0, 0.05) is 0 Å². The molecule has 0 nitrogen and oxygen atoms in total. The van der Waals surface area contributed by atoms with Gasteiger partial charge in [-0.1, -0.05) is 143 Å². The zero-order chi connectivity index (χ0) is 21.4. The number of rotatable bonds is 23. The Labute approximate surface area is 186 Å². The summed E-state index contributed by atoms with van der Waals surface area (Å²) in [6, 6.07) is 0. The Hall–Kier alpha value is -0.260. The van der Waals surface area contributed by atoms with Gasteiger partial charge in [0.15, 0.2) is 0 Å². The van der Waals surface area contributed by atoms with E-state index in [1.807, 2.05) is 0 Å². The van der Waals surface area contributed by atoms with Crippen molar-refractivity contribution in [1.82, 2.24) is 0 Å². The third kappa shape index (κ3) is 22.3. The van der Waals surface area contributed by atoms with E-state index in [9.17, 15) is 0 Å². The molecule has 2 unspecified atom stereocenters. The molecule has 0 spiro atoms. The van der Waals surface area contributed by atoms with Gasteiger partial charge in [-0.05, 0) is 43.9 Å². The van der Waals surface area contributed by atoms with E-state index in [-0.39, 0.29) is 0 Å². The van der Waals surface area contributed by atoms with Crippen molar-refractivity contribution in [3.63, 3.8) is 0 Å². The fourth-order valence-corrected chi connectivity index (χ4v) is 4.59. The number of hydrogen-bond donors (Lipinski definition) is 0. The van der Waals surface area contributed by atoms with Gasteiger partial charge in [-0.2, -0.15) is 0 Å². The van der Waals surface area contributed by atoms with Gasteiger partial charge in [0.05, 0.1) is 0 Å². The summed E-state index contributed by atoms with van der Waals surface area (Å²) in [6.45, 7) is 9.49. The Morgan fingerprint density at radius 2 is 1.00 bits per heavy atom. The molecule has 0 rings (SSSR count). The van der Waals surface area contributed by atoms with Crippen LogP contribution in [0.3, 0.4) is 0 Å². The second-order valence-electron chi connectivity index (χ2n) is 9.84. The van der Waals surface area contributed by atoms with E-state index >= 15 is 0 Å². The number of hydrogen-bond acceptors (Lipinski definition) is 0. The Morgan fingerprint density at radius 3 is 1.52 bits per heavy atom. The molecule has 0 amide bonds. The van der Waals surface area contributed by atoms with Crippen LogP contribution in [0.15, 0.2) is 12.2 Å². The molecule has 0 aliphatic carbocycles. The van der Waals surface area contributed by atoms with E-state index in [2.05, 4.69) is 39.8 Å². The predicted octanol–water partition coefficient (Wildman–Crippen LogP) is 11.0. The first-order valence-electron chi connectivity index (χ1n) is 13.9. The summed E-state index contributed by atoms with van der Waals surface area (Å²) >= 11 is 0. The SMILES string of the molecule is CCCCCCCCCCC=CCCCCCCCC(CC)CC(C)CCCC. The van der Waals surface area contributed by atoms with Gasteiger partial charge in [-0.3, -0.25) is 0 Å². The van der Waals surface area contributed by atoms with Gasteiger partial charge in [0.2, 0.25) is 0 Å². The van der Waals surface area contributed by atoms with Gasteiger partial charge in [0.25, 0.3) is 0 Å². The lowest BCUT2D eigenvalue weighted by Gasteiger charge is -2.19. The Morgan fingerprint density at radius 1 is 0.517 bits per heavy atom. The highest BCUT2D eigenvalue weighted by Crippen LogP contribution is 2.25. The molecule has 0 aromatic rings. The van der Waals surface area contributed by atoms with Gasteiger partial charge in [-0.15, -0.1) is 0 Å². The first-order chi connectivity index (χ1) is 14.2. The van der Waals surface area contributed by atoms with E-state index < -0.39 is 0 Å². The molecular formula is C29H58. The minimum absolute atomic E-state index is 0.942. The summed E-state index contributed by atoms with van der Waals surface area (Å²) in [5, 5.41) is 0. The average molecular weight is 407 g/mol. The summed E-state index contributed by atoms with van der Waals surface area (Å²) in [7, 11) is 0. The molecule has 2 atom stereocenters. The third-order valence-electron chi connectivity index (χ3n) is 6.74. The molecule has 0 saturated carbocycles. The summed E-state index contributed by atoms with van der Waals surface area (Å²) in [5.74, 6) is 1.93. The van der Waals surface area contributed by atoms with Crippen molar-refractivity contribution in [3.8, 4) is 0 Å². The van der Waals surface area contributed by atoms with Crippen LogP contribution in [0.25, 0.3) is 0 Å². The van der Waals surface area contributed by atoms with Crippen LogP contribution in [0.4, 0.5) is 0 Å². The van der Waals surface area contributed by atoms with Crippen molar-refractivity contribution in [2.45, 2.75) is 163 Å². The van der Waals surface area contributed by atoms with Crippen LogP contribution >= 0.6 is 0 Å². The second-order valence-corrected chi connectivity index (χ2v) is 9.84. The molecule has 0 aliphatic rings. The molecule has 0 fully saturated rings. The summed E-state index contributed by atoms with van der Waals surface area (Å²) in [5.41, 5.74) is 0. The molecule has 0 radical (unpaired) electrons. The highest BCUT2D eigenvalue weighted by Gasteiger charge is 2.11.